The van der Waals surface area contributed by atoms with Crippen LogP contribution < -0.4 is 5.73 Å². The van der Waals surface area contributed by atoms with E-state index in [-0.39, 0.29) is 18.6 Å². The summed E-state index contributed by atoms with van der Waals surface area (Å²) in [6.07, 6.45) is -0.250. The van der Waals surface area contributed by atoms with E-state index in [9.17, 15) is 4.79 Å². The highest BCUT2D eigenvalue weighted by Crippen LogP contribution is 2.16. The predicted molar refractivity (Wildman–Crippen MR) is 90.2 cm³/mol. The first-order chi connectivity index (χ1) is 11.4. The molecule has 2 rings (SSSR count). The molecule has 2 aromatic rings. The molecule has 1 aromatic carbocycles. The standard InChI is InChI=1S/C17H24N4O3/c1-11(2)10-23-12(3)16-19-15(24-20-16)9-21(4)17(22)13-6-5-7-14(18)8-13/h5-8,11-12H,9-10,18H2,1-4H3. The molecule has 1 heterocycles. The molecule has 0 aliphatic rings. The van der Waals surface area contributed by atoms with Crippen LogP contribution in [-0.2, 0) is 11.3 Å². The Bertz CT molecular complexity index is 684. The number of ether oxygens (including phenoxy) is 1. The zero-order chi connectivity index (χ0) is 17.7. The number of carbonyl (C=O) groups excluding carboxylic acids is 1. The summed E-state index contributed by atoms with van der Waals surface area (Å²) < 4.78 is 10.9. The van der Waals surface area contributed by atoms with Gasteiger partial charge >= 0.3 is 0 Å². The Labute approximate surface area is 141 Å². The molecule has 1 amide bonds. The molecular weight excluding hydrogens is 308 g/mol. The number of amides is 1. The van der Waals surface area contributed by atoms with Crippen LogP contribution in [0.25, 0.3) is 0 Å². The van der Waals surface area contributed by atoms with Gasteiger partial charge in [-0.25, -0.2) is 0 Å². The Balaban J connectivity index is 1.97. The number of anilines is 1. The number of hydrogen-bond donors (Lipinski definition) is 1. The van der Waals surface area contributed by atoms with Crippen molar-refractivity contribution in [3.8, 4) is 0 Å². The van der Waals surface area contributed by atoms with Gasteiger partial charge in [0.15, 0.2) is 5.82 Å². The molecule has 0 fully saturated rings. The summed E-state index contributed by atoms with van der Waals surface area (Å²) in [6, 6.07) is 6.84. The molecule has 0 aliphatic carbocycles. The number of aromatic nitrogens is 2. The van der Waals surface area contributed by atoms with Gasteiger partial charge in [-0.05, 0) is 31.0 Å². The first-order valence-corrected chi connectivity index (χ1v) is 7.92. The van der Waals surface area contributed by atoms with Gasteiger partial charge < -0.3 is 19.9 Å². The Hall–Kier alpha value is -2.41. The third kappa shape index (κ3) is 4.79. The summed E-state index contributed by atoms with van der Waals surface area (Å²) in [6.45, 7) is 6.87. The quantitative estimate of drug-likeness (QED) is 0.783. The summed E-state index contributed by atoms with van der Waals surface area (Å²) in [7, 11) is 1.67. The lowest BCUT2D eigenvalue weighted by Gasteiger charge is -2.15. The molecule has 24 heavy (non-hydrogen) atoms. The van der Waals surface area contributed by atoms with E-state index in [4.69, 9.17) is 15.0 Å². The van der Waals surface area contributed by atoms with E-state index < -0.39 is 0 Å². The molecule has 130 valence electrons. The Morgan fingerprint density at radius 3 is 2.79 bits per heavy atom. The zero-order valence-corrected chi connectivity index (χ0v) is 14.5. The molecule has 0 spiro atoms. The van der Waals surface area contributed by atoms with Gasteiger partial charge in [-0.3, -0.25) is 4.79 Å². The second-order valence-electron chi connectivity index (χ2n) is 6.20. The van der Waals surface area contributed by atoms with Crippen molar-refractivity contribution < 1.29 is 14.1 Å². The maximum Gasteiger partial charge on any atom is 0.254 e. The first-order valence-electron chi connectivity index (χ1n) is 7.92. The van der Waals surface area contributed by atoms with E-state index in [1.54, 1.807) is 31.3 Å². The highest BCUT2D eigenvalue weighted by atomic mass is 16.5. The molecule has 0 radical (unpaired) electrons. The normalized spacial score (nSPS) is 12.4. The molecule has 0 bridgehead atoms. The monoisotopic (exact) mass is 332 g/mol. The summed E-state index contributed by atoms with van der Waals surface area (Å²) in [5.41, 5.74) is 6.78. The predicted octanol–water partition coefficient (Wildman–Crippen LogP) is 2.66. The van der Waals surface area contributed by atoms with Crippen LogP contribution in [0.5, 0.6) is 0 Å². The SMILES string of the molecule is CC(C)COC(C)c1noc(CN(C)C(=O)c2cccc(N)c2)n1. The van der Waals surface area contributed by atoms with Gasteiger partial charge in [-0.1, -0.05) is 25.1 Å². The van der Waals surface area contributed by atoms with Crippen LogP contribution >= 0.6 is 0 Å². The van der Waals surface area contributed by atoms with Crippen LogP contribution in [0.2, 0.25) is 0 Å². The maximum absolute atomic E-state index is 12.4. The molecule has 7 nitrogen and oxygen atoms in total. The molecule has 0 aliphatic heterocycles. The summed E-state index contributed by atoms with van der Waals surface area (Å²) in [4.78, 5) is 18.2. The fourth-order valence-electron chi connectivity index (χ4n) is 2.08. The second-order valence-corrected chi connectivity index (χ2v) is 6.20. The van der Waals surface area contributed by atoms with Crippen molar-refractivity contribution in [3.63, 3.8) is 0 Å². The topological polar surface area (TPSA) is 94.5 Å². The van der Waals surface area contributed by atoms with Crippen molar-refractivity contribution in [2.45, 2.75) is 33.4 Å². The summed E-state index contributed by atoms with van der Waals surface area (Å²) in [5, 5.41) is 3.92. The van der Waals surface area contributed by atoms with Gasteiger partial charge in [-0.15, -0.1) is 0 Å². The fourth-order valence-corrected chi connectivity index (χ4v) is 2.08. The average molecular weight is 332 g/mol. The molecule has 2 N–H and O–H groups in total. The van der Waals surface area contributed by atoms with Crippen molar-refractivity contribution in [2.75, 3.05) is 19.4 Å². The Morgan fingerprint density at radius 2 is 2.12 bits per heavy atom. The van der Waals surface area contributed by atoms with E-state index >= 15 is 0 Å². The van der Waals surface area contributed by atoms with Gasteiger partial charge in [0.05, 0.1) is 6.54 Å². The lowest BCUT2D eigenvalue weighted by Crippen LogP contribution is -2.26. The van der Waals surface area contributed by atoms with Gasteiger partial charge in [0.25, 0.3) is 5.91 Å². The van der Waals surface area contributed by atoms with Crippen LogP contribution in [0.15, 0.2) is 28.8 Å². The van der Waals surface area contributed by atoms with Crippen molar-refractivity contribution >= 4 is 11.6 Å². The van der Waals surface area contributed by atoms with Crippen molar-refractivity contribution in [3.05, 3.63) is 41.5 Å². The summed E-state index contributed by atoms with van der Waals surface area (Å²) >= 11 is 0. The lowest BCUT2D eigenvalue weighted by molar-refractivity contribution is 0.0402. The van der Waals surface area contributed by atoms with Crippen molar-refractivity contribution in [1.82, 2.24) is 15.0 Å². The third-order valence-electron chi connectivity index (χ3n) is 3.38. The number of nitrogens with two attached hydrogens (primary N) is 1. The van der Waals surface area contributed by atoms with E-state index in [2.05, 4.69) is 24.0 Å². The highest BCUT2D eigenvalue weighted by molar-refractivity contribution is 5.94. The maximum atomic E-state index is 12.4. The number of hydrogen-bond acceptors (Lipinski definition) is 6. The number of rotatable bonds is 7. The van der Waals surface area contributed by atoms with Crippen LogP contribution in [0, 0.1) is 5.92 Å². The highest BCUT2D eigenvalue weighted by Gasteiger charge is 2.18. The molecule has 1 atom stereocenters. The molecular formula is C17H24N4O3. The number of nitrogen functional groups attached to an aromatic ring is 1. The van der Waals surface area contributed by atoms with Crippen LogP contribution in [0.4, 0.5) is 5.69 Å². The molecule has 7 heteroatoms. The van der Waals surface area contributed by atoms with Gasteiger partial charge in [0.1, 0.15) is 6.10 Å². The van der Waals surface area contributed by atoms with E-state index in [1.165, 1.54) is 4.90 Å². The average Bonchev–Trinajstić information content (AvgIpc) is 3.00. The number of benzene rings is 1. The first kappa shape index (κ1) is 17.9. The fraction of sp³-hybridized carbons (Fsp3) is 0.471. The second kappa shape index (κ2) is 7.92. The molecule has 0 saturated heterocycles. The third-order valence-corrected chi connectivity index (χ3v) is 3.38. The minimum absolute atomic E-state index is 0.161. The minimum atomic E-state index is -0.250. The number of carbonyl (C=O) groups is 1. The molecule has 1 aromatic heterocycles. The molecule has 1 unspecified atom stereocenters. The minimum Gasteiger partial charge on any atom is -0.399 e. The van der Waals surface area contributed by atoms with E-state index in [0.717, 1.165) is 0 Å². The van der Waals surface area contributed by atoms with E-state index in [0.29, 0.717) is 35.5 Å². The van der Waals surface area contributed by atoms with Gasteiger partial charge in [0.2, 0.25) is 5.89 Å². The van der Waals surface area contributed by atoms with Gasteiger partial charge in [0, 0.05) is 24.9 Å². The van der Waals surface area contributed by atoms with Crippen LogP contribution in [0.3, 0.4) is 0 Å². The Morgan fingerprint density at radius 1 is 1.38 bits per heavy atom. The van der Waals surface area contributed by atoms with E-state index in [1.807, 2.05) is 6.92 Å². The van der Waals surface area contributed by atoms with Gasteiger partial charge in [-0.2, -0.15) is 4.98 Å². The summed E-state index contributed by atoms with van der Waals surface area (Å²) in [5.74, 6) is 1.12. The largest absolute Gasteiger partial charge is 0.399 e. The Kier molecular flexibility index (Phi) is 5.92. The lowest BCUT2D eigenvalue weighted by atomic mass is 10.2. The van der Waals surface area contributed by atoms with Crippen LogP contribution in [-0.4, -0.2) is 34.6 Å². The smallest absolute Gasteiger partial charge is 0.254 e. The molecule has 0 saturated carbocycles. The van der Waals surface area contributed by atoms with Crippen molar-refractivity contribution in [1.29, 1.82) is 0 Å². The zero-order valence-electron chi connectivity index (χ0n) is 14.5. The number of nitrogens with zero attached hydrogens (tertiary/aromatic N) is 3. The van der Waals surface area contributed by atoms with Crippen molar-refractivity contribution in [2.24, 2.45) is 5.92 Å². The van der Waals surface area contributed by atoms with Crippen LogP contribution in [0.1, 0.15) is 48.9 Å².